The molecule has 31 heavy (non-hydrogen) atoms. The lowest BCUT2D eigenvalue weighted by Crippen LogP contribution is -2.46. The Morgan fingerprint density at radius 1 is 1.00 bits per heavy atom. The lowest BCUT2D eigenvalue weighted by Gasteiger charge is -2.23. The van der Waals surface area contributed by atoms with Gasteiger partial charge in [0.05, 0.1) is 7.11 Å². The van der Waals surface area contributed by atoms with Crippen molar-refractivity contribution >= 4 is 17.8 Å². The van der Waals surface area contributed by atoms with Gasteiger partial charge in [-0.3, -0.25) is 9.59 Å². The third-order valence-electron chi connectivity index (χ3n) is 4.85. The average Bonchev–Trinajstić information content (AvgIpc) is 2.79. The number of carbonyl (C=O) groups is 3. The molecule has 2 aromatic rings. The first-order chi connectivity index (χ1) is 14.8. The minimum atomic E-state index is -0.869. The summed E-state index contributed by atoms with van der Waals surface area (Å²) in [5.41, 5.74) is 1.39. The molecule has 0 unspecified atom stereocenters. The van der Waals surface area contributed by atoms with Gasteiger partial charge in [0.1, 0.15) is 11.8 Å². The second kappa shape index (κ2) is 11.7. The van der Waals surface area contributed by atoms with E-state index in [1.807, 2.05) is 37.3 Å². The quantitative estimate of drug-likeness (QED) is 0.591. The van der Waals surface area contributed by atoms with Crippen molar-refractivity contribution in [1.82, 2.24) is 10.2 Å². The maximum atomic E-state index is 12.6. The minimum Gasteiger partial charge on any atom is -0.497 e. The Balaban J connectivity index is 1.94. The number of esters is 1. The number of amides is 2. The summed E-state index contributed by atoms with van der Waals surface area (Å²) >= 11 is 0. The molecule has 0 heterocycles. The number of carbonyl (C=O) groups excluding carboxylic acids is 3. The van der Waals surface area contributed by atoms with E-state index in [0.29, 0.717) is 24.4 Å². The van der Waals surface area contributed by atoms with Gasteiger partial charge in [-0.15, -0.1) is 0 Å². The summed E-state index contributed by atoms with van der Waals surface area (Å²) < 4.78 is 10.3. The third kappa shape index (κ3) is 7.13. The monoisotopic (exact) mass is 426 g/mol. The van der Waals surface area contributed by atoms with Crippen LogP contribution < -0.4 is 10.1 Å². The summed E-state index contributed by atoms with van der Waals surface area (Å²) in [6.07, 6.45) is 0. The summed E-state index contributed by atoms with van der Waals surface area (Å²) in [6.45, 7) is 6.03. The molecule has 2 aromatic carbocycles. The number of hydrogen-bond donors (Lipinski definition) is 1. The Kier molecular flexibility index (Phi) is 9.06. The second-order valence-corrected chi connectivity index (χ2v) is 7.42. The average molecular weight is 427 g/mol. The van der Waals surface area contributed by atoms with Crippen LogP contribution in [0.15, 0.2) is 54.6 Å². The molecule has 0 fully saturated rings. The van der Waals surface area contributed by atoms with E-state index in [2.05, 4.69) is 5.32 Å². The highest BCUT2D eigenvalue weighted by atomic mass is 16.5. The molecule has 0 spiro atoms. The molecule has 0 saturated heterocycles. The number of likely N-dealkylation sites (N-methyl/N-ethyl adjacent to an activating group) is 1. The van der Waals surface area contributed by atoms with Crippen LogP contribution in [0.25, 0.3) is 0 Å². The van der Waals surface area contributed by atoms with Crippen LogP contribution in [0.5, 0.6) is 5.75 Å². The molecule has 0 aliphatic heterocycles. The topological polar surface area (TPSA) is 84.9 Å². The van der Waals surface area contributed by atoms with Crippen molar-refractivity contribution in [2.75, 3.05) is 20.3 Å². The Bertz CT molecular complexity index is 865. The van der Waals surface area contributed by atoms with E-state index in [0.717, 1.165) is 5.56 Å². The molecule has 0 aliphatic rings. The molecule has 7 nitrogen and oxygen atoms in total. The van der Waals surface area contributed by atoms with Gasteiger partial charge < -0.3 is 19.7 Å². The van der Waals surface area contributed by atoms with E-state index in [-0.39, 0.29) is 18.4 Å². The van der Waals surface area contributed by atoms with Crippen LogP contribution in [0, 0.1) is 5.92 Å². The first kappa shape index (κ1) is 23.9. The number of ether oxygens (including phenoxy) is 2. The van der Waals surface area contributed by atoms with Crippen molar-refractivity contribution in [2.45, 2.75) is 33.4 Å². The number of rotatable bonds is 10. The normalized spacial score (nSPS) is 11.5. The van der Waals surface area contributed by atoms with Crippen molar-refractivity contribution in [1.29, 1.82) is 0 Å². The second-order valence-electron chi connectivity index (χ2n) is 7.42. The first-order valence-corrected chi connectivity index (χ1v) is 10.3. The molecule has 0 saturated carbocycles. The molecule has 1 atom stereocenters. The summed E-state index contributed by atoms with van der Waals surface area (Å²) in [5, 5.41) is 2.70. The third-order valence-corrected chi connectivity index (χ3v) is 4.85. The van der Waals surface area contributed by atoms with Crippen LogP contribution in [0.2, 0.25) is 0 Å². The predicted molar refractivity (Wildman–Crippen MR) is 118 cm³/mol. The molecule has 2 rings (SSSR count). The van der Waals surface area contributed by atoms with Crippen LogP contribution >= 0.6 is 0 Å². The van der Waals surface area contributed by atoms with E-state index in [4.69, 9.17) is 9.47 Å². The van der Waals surface area contributed by atoms with Gasteiger partial charge in [-0.05, 0) is 42.7 Å². The summed E-state index contributed by atoms with van der Waals surface area (Å²) in [7, 11) is 1.54. The Morgan fingerprint density at radius 3 is 2.19 bits per heavy atom. The van der Waals surface area contributed by atoms with Gasteiger partial charge in [-0.2, -0.15) is 0 Å². The largest absolute Gasteiger partial charge is 0.497 e. The molecule has 2 amide bonds. The molecule has 0 bridgehead atoms. The van der Waals surface area contributed by atoms with Crippen molar-refractivity contribution in [3.63, 3.8) is 0 Å². The summed E-state index contributed by atoms with van der Waals surface area (Å²) in [4.78, 5) is 39.3. The highest BCUT2D eigenvalue weighted by Gasteiger charge is 2.27. The van der Waals surface area contributed by atoms with Crippen molar-refractivity contribution in [2.24, 2.45) is 5.92 Å². The number of nitrogens with one attached hydrogen (secondary N) is 1. The maximum absolute atomic E-state index is 12.6. The fourth-order valence-corrected chi connectivity index (χ4v) is 2.96. The van der Waals surface area contributed by atoms with Crippen LogP contribution in [-0.2, 0) is 20.9 Å². The molecule has 1 N–H and O–H groups in total. The highest BCUT2D eigenvalue weighted by Crippen LogP contribution is 2.13. The van der Waals surface area contributed by atoms with Crippen molar-refractivity contribution in [3.8, 4) is 5.75 Å². The summed E-state index contributed by atoms with van der Waals surface area (Å²) in [5.74, 6) is -0.907. The number of hydrogen-bond acceptors (Lipinski definition) is 5. The van der Waals surface area contributed by atoms with Crippen LogP contribution in [0.3, 0.4) is 0 Å². The Hall–Kier alpha value is -3.35. The molecule has 7 heteroatoms. The van der Waals surface area contributed by atoms with E-state index in [9.17, 15) is 14.4 Å². The molecule has 0 radical (unpaired) electrons. The van der Waals surface area contributed by atoms with E-state index in [1.54, 1.807) is 50.1 Å². The fourth-order valence-electron chi connectivity index (χ4n) is 2.96. The first-order valence-electron chi connectivity index (χ1n) is 10.3. The van der Waals surface area contributed by atoms with Gasteiger partial charge in [0.15, 0.2) is 6.61 Å². The van der Waals surface area contributed by atoms with Crippen LogP contribution in [0.1, 0.15) is 36.7 Å². The highest BCUT2D eigenvalue weighted by molar-refractivity contribution is 5.97. The molecular weight excluding hydrogens is 396 g/mol. The number of methoxy groups -OCH3 is 1. The van der Waals surface area contributed by atoms with Gasteiger partial charge in [0.2, 0.25) is 0 Å². The van der Waals surface area contributed by atoms with E-state index in [1.165, 1.54) is 0 Å². The smallest absolute Gasteiger partial charge is 0.329 e. The van der Waals surface area contributed by atoms with Gasteiger partial charge in [-0.25, -0.2) is 4.79 Å². The molecule has 166 valence electrons. The lowest BCUT2D eigenvalue weighted by atomic mass is 10.0. The fraction of sp³-hybridized carbons (Fsp3) is 0.375. The zero-order valence-corrected chi connectivity index (χ0v) is 18.5. The summed E-state index contributed by atoms with van der Waals surface area (Å²) in [6, 6.07) is 15.3. The maximum Gasteiger partial charge on any atom is 0.329 e. The van der Waals surface area contributed by atoms with E-state index < -0.39 is 17.9 Å². The molecule has 0 aliphatic carbocycles. The minimum absolute atomic E-state index is 0.212. The van der Waals surface area contributed by atoms with Gasteiger partial charge in [0, 0.05) is 18.7 Å². The lowest BCUT2D eigenvalue weighted by molar-refractivity contribution is -0.154. The molecular formula is C24H30N2O5. The molecule has 0 aromatic heterocycles. The number of benzene rings is 2. The predicted octanol–water partition coefficient (Wildman–Crippen LogP) is 3.04. The Labute approximate surface area is 183 Å². The van der Waals surface area contributed by atoms with Gasteiger partial charge in [0.25, 0.3) is 11.8 Å². The van der Waals surface area contributed by atoms with Crippen LogP contribution in [0.4, 0.5) is 0 Å². The van der Waals surface area contributed by atoms with Crippen molar-refractivity contribution in [3.05, 3.63) is 65.7 Å². The zero-order valence-electron chi connectivity index (χ0n) is 18.5. The zero-order chi connectivity index (χ0) is 22.8. The number of nitrogens with zero attached hydrogens (tertiary/aromatic N) is 1. The van der Waals surface area contributed by atoms with Gasteiger partial charge >= 0.3 is 5.97 Å². The SMILES string of the molecule is CCN(Cc1ccccc1)C(=O)COC(=O)[C@@H](NC(=O)c1ccc(OC)cc1)C(C)C. The standard InChI is InChI=1S/C24H30N2O5/c1-5-26(15-18-9-7-6-8-10-18)21(27)16-31-24(29)22(17(2)3)25-23(28)19-11-13-20(30-4)14-12-19/h6-14,17,22H,5,15-16H2,1-4H3,(H,25,28)/t22-/m0/s1. The van der Waals surface area contributed by atoms with Crippen molar-refractivity contribution < 1.29 is 23.9 Å². The Morgan fingerprint density at radius 2 is 1.65 bits per heavy atom. The van der Waals surface area contributed by atoms with Gasteiger partial charge in [-0.1, -0.05) is 44.2 Å². The van der Waals surface area contributed by atoms with E-state index >= 15 is 0 Å². The van der Waals surface area contributed by atoms with Crippen LogP contribution in [-0.4, -0.2) is 49.0 Å².